The van der Waals surface area contributed by atoms with E-state index >= 15 is 0 Å². The fraction of sp³-hybridized carbons (Fsp3) is 0.0526. The van der Waals surface area contributed by atoms with Gasteiger partial charge in [0.1, 0.15) is 5.82 Å². The summed E-state index contributed by atoms with van der Waals surface area (Å²) in [6.07, 6.45) is 4.90. The monoisotopic (exact) mass is 315 g/mol. The van der Waals surface area contributed by atoms with E-state index in [4.69, 9.17) is 11.5 Å². The van der Waals surface area contributed by atoms with Crippen molar-refractivity contribution in [2.75, 3.05) is 16.8 Å². The molecule has 2 aromatic carbocycles. The first-order valence-electron chi connectivity index (χ1n) is 7.74. The van der Waals surface area contributed by atoms with E-state index in [1.165, 1.54) is 0 Å². The van der Waals surface area contributed by atoms with Crippen LogP contribution in [0.3, 0.4) is 0 Å². The summed E-state index contributed by atoms with van der Waals surface area (Å²) in [5.74, 6) is 0.591. The van der Waals surface area contributed by atoms with Gasteiger partial charge in [-0.25, -0.2) is 4.98 Å². The number of hydrogen-bond donors (Lipinski definition) is 3. The number of benzene rings is 2. The first-order valence-corrected chi connectivity index (χ1v) is 7.74. The van der Waals surface area contributed by atoms with E-state index in [-0.39, 0.29) is 5.95 Å². The highest BCUT2D eigenvalue weighted by molar-refractivity contribution is 5.88. The van der Waals surface area contributed by atoms with Crippen LogP contribution in [0.25, 0.3) is 12.2 Å². The first-order chi connectivity index (χ1) is 11.7. The van der Waals surface area contributed by atoms with Crippen LogP contribution in [0.5, 0.6) is 0 Å². The lowest BCUT2D eigenvalue weighted by Crippen LogP contribution is -2.04. The predicted molar refractivity (Wildman–Crippen MR) is 98.8 cm³/mol. The van der Waals surface area contributed by atoms with Gasteiger partial charge in [-0.05, 0) is 23.3 Å². The summed E-state index contributed by atoms with van der Waals surface area (Å²) in [6.45, 7) is 0. The second-order valence-corrected chi connectivity index (χ2v) is 5.74. The molecule has 0 spiro atoms. The van der Waals surface area contributed by atoms with E-state index in [9.17, 15) is 0 Å². The fourth-order valence-corrected chi connectivity index (χ4v) is 2.97. The van der Waals surface area contributed by atoms with Gasteiger partial charge in [0.2, 0.25) is 5.95 Å². The van der Waals surface area contributed by atoms with Crippen LogP contribution in [0.15, 0.2) is 48.5 Å². The highest BCUT2D eigenvalue weighted by atomic mass is 15.0. The predicted octanol–water partition coefficient (Wildman–Crippen LogP) is 3.46. The van der Waals surface area contributed by atoms with Crippen LogP contribution in [0.4, 0.5) is 23.1 Å². The summed E-state index contributed by atoms with van der Waals surface area (Å²) in [5, 5.41) is 3.51. The lowest BCUT2D eigenvalue weighted by atomic mass is 10.0. The molecule has 0 saturated heterocycles. The van der Waals surface area contributed by atoms with Gasteiger partial charge < -0.3 is 16.8 Å². The van der Waals surface area contributed by atoms with Crippen molar-refractivity contribution in [3.8, 4) is 0 Å². The molecule has 1 aliphatic heterocycles. The van der Waals surface area contributed by atoms with Gasteiger partial charge in [-0.15, -0.1) is 0 Å². The number of hydrogen-bond acceptors (Lipinski definition) is 5. The summed E-state index contributed by atoms with van der Waals surface area (Å²) in [7, 11) is 0. The molecule has 4 rings (SSSR count). The van der Waals surface area contributed by atoms with Gasteiger partial charge in [0.25, 0.3) is 0 Å². The minimum atomic E-state index is 0.202. The number of anilines is 4. The first kappa shape index (κ1) is 14.3. The normalized spacial score (nSPS) is 12.0. The van der Waals surface area contributed by atoms with Gasteiger partial charge in [-0.1, -0.05) is 42.5 Å². The molecule has 0 unspecified atom stereocenters. The van der Waals surface area contributed by atoms with Crippen molar-refractivity contribution >= 4 is 35.3 Å². The van der Waals surface area contributed by atoms with Crippen LogP contribution in [0, 0.1) is 0 Å². The van der Waals surface area contributed by atoms with Gasteiger partial charge in [-0.2, -0.15) is 4.98 Å². The Morgan fingerprint density at radius 3 is 2.58 bits per heavy atom. The molecule has 0 radical (unpaired) electrons. The highest BCUT2D eigenvalue weighted by Gasteiger charge is 2.12. The van der Waals surface area contributed by atoms with Crippen molar-refractivity contribution in [2.45, 2.75) is 6.42 Å². The van der Waals surface area contributed by atoms with Crippen LogP contribution in [-0.2, 0) is 6.42 Å². The van der Waals surface area contributed by atoms with Crippen molar-refractivity contribution in [2.24, 2.45) is 0 Å². The molecular formula is C19H17N5. The maximum absolute atomic E-state index is 5.78. The van der Waals surface area contributed by atoms with Crippen LogP contribution >= 0.6 is 0 Å². The molecule has 0 fully saturated rings. The average Bonchev–Trinajstić information content (AvgIpc) is 2.73. The Hall–Kier alpha value is -3.34. The summed E-state index contributed by atoms with van der Waals surface area (Å²) in [6, 6.07) is 16.2. The molecule has 0 amide bonds. The quantitative estimate of drug-likeness (QED) is 0.527. The molecule has 0 bridgehead atoms. The topological polar surface area (TPSA) is 89.8 Å². The fourth-order valence-electron chi connectivity index (χ4n) is 2.97. The molecule has 0 atom stereocenters. The Morgan fingerprint density at radius 1 is 0.875 bits per heavy atom. The number of rotatable bonds is 2. The second kappa shape index (κ2) is 5.70. The standard InChI is InChI=1S/C19H17N5/c20-18-11-14(22-19(21)24-18)10-13-5-3-7-17-15(13)9-8-12-4-1-2-6-16(12)23-17/h1-9,11,23H,10H2,(H4,20,21,22,24). The van der Waals surface area contributed by atoms with Gasteiger partial charge in [0, 0.05) is 29.4 Å². The Morgan fingerprint density at radius 2 is 1.71 bits per heavy atom. The largest absolute Gasteiger partial charge is 0.384 e. The Bertz CT molecular complexity index is 926. The maximum atomic E-state index is 5.78. The van der Waals surface area contributed by atoms with Crippen molar-refractivity contribution in [3.05, 3.63) is 70.9 Å². The van der Waals surface area contributed by atoms with Crippen molar-refractivity contribution in [3.63, 3.8) is 0 Å². The second-order valence-electron chi connectivity index (χ2n) is 5.74. The summed E-state index contributed by atoms with van der Waals surface area (Å²) in [4.78, 5) is 8.21. The number of nitrogen functional groups attached to an aromatic ring is 2. The van der Waals surface area contributed by atoms with Gasteiger partial charge >= 0.3 is 0 Å². The molecule has 5 nitrogen and oxygen atoms in total. The zero-order valence-electron chi connectivity index (χ0n) is 13.0. The van der Waals surface area contributed by atoms with Crippen molar-refractivity contribution in [1.82, 2.24) is 9.97 Å². The molecule has 0 aliphatic carbocycles. The van der Waals surface area contributed by atoms with E-state index < -0.39 is 0 Å². The third kappa shape index (κ3) is 2.67. The maximum Gasteiger partial charge on any atom is 0.222 e. The summed E-state index contributed by atoms with van der Waals surface area (Å²) >= 11 is 0. The zero-order chi connectivity index (χ0) is 16.5. The molecule has 2 heterocycles. The van der Waals surface area contributed by atoms with Crippen LogP contribution in [-0.4, -0.2) is 9.97 Å². The van der Waals surface area contributed by atoms with E-state index in [0.717, 1.165) is 33.8 Å². The van der Waals surface area contributed by atoms with Gasteiger partial charge in [-0.3, -0.25) is 0 Å². The lowest BCUT2D eigenvalue weighted by molar-refractivity contribution is 1.04. The third-order valence-electron chi connectivity index (χ3n) is 4.04. The van der Waals surface area contributed by atoms with Crippen LogP contribution in [0.1, 0.15) is 22.4 Å². The summed E-state index contributed by atoms with van der Waals surface area (Å²) < 4.78 is 0. The molecule has 5 heteroatoms. The van der Waals surface area contributed by atoms with Gasteiger partial charge in [0.15, 0.2) is 0 Å². The molecule has 1 aliphatic rings. The minimum Gasteiger partial charge on any atom is -0.384 e. The molecule has 3 aromatic rings. The average molecular weight is 315 g/mol. The van der Waals surface area contributed by atoms with E-state index in [2.05, 4.69) is 51.7 Å². The highest BCUT2D eigenvalue weighted by Crippen LogP contribution is 2.32. The van der Waals surface area contributed by atoms with Crippen LogP contribution < -0.4 is 16.8 Å². The zero-order valence-corrected chi connectivity index (χ0v) is 13.0. The lowest BCUT2D eigenvalue weighted by Gasteiger charge is -2.13. The molecule has 1 aromatic heterocycles. The number of para-hydroxylation sites is 1. The van der Waals surface area contributed by atoms with Crippen molar-refractivity contribution in [1.29, 1.82) is 0 Å². The number of aromatic nitrogens is 2. The molecule has 24 heavy (non-hydrogen) atoms. The van der Waals surface area contributed by atoms with Crippen LogP contribution in [0.2, 0.25) is 0 Å². The number of nitrogens with zero attached hydrogens (tertiary/aromatic N) is 2. The Labute approximate surface area is 140 Å². The smallest absolute Gasteiger partial charge is 0.222 e. The number of fused-ring (bicyclic) bond motifs is 2. The van der Waals surface area contributed by atoms with Gasteiger partial charge in [0.05, 0.1) is 5.69 Å². The molecular weight excluding hydrogens is 298 g/mol. The molecule has 5 N–H and O–H groups in total. The Kier molecular flexibility index (Phi) is 3.39. The molecule has 118 valence electrons. The van der Waals surface area contributed by atoms with E-state index in [0.29, 0.717) is 12.2 Å². The SMILES string of the molecule is Nc1cc(Cc2cccc3c2C=Cc2ccccc2N3)nc(N)n1. The van der Waals surface area contributed by atoms with E-state index in [1.807, 2.05) is 18.2 Å². The summed E-state index contributed by atoms with van der Waals surface area (Å²) in [5.41, 5.74) is 17.9. The number of nitrogens with two attached hydrogens (primary N) is 2. The van der Waals surface area contributed by atoms with E-state index in [1.54, 1.807) is 6.07 Å². The number of nitrogens with one attached hydrogen (secondary N) is 1. The Balaban J connectivity index is 1.75. The minimum absolute atomic E-state index is 0.202. The third-order valence-corrected chi connectivity index (χ3v) is 4.04. The molecule has 0 saturated carbocycles. The van der Waals surface area contributed by atoms with Crippen molar-refractivity contribution < 1.29 is 0 Å².